The normalized spacial score (nSPS) is 11.3. The molecule has 0 rings (SSSR count). The Morgan fingerprint density at radius 3 is 1.29 bits per heavy atom. The van der Waals surface area contributed by atoms with E-state index in [4.69, 9.17) is 10.4 Å². The Balaban J connectivity index is 3.01. The Morgan fingerprint density at radius 1 is 0.514 bits per heavy atom. The van der Waals surface area contributed by atoms with E-state index in [-0.39, 0.29) is 0 Å². The van der Waals surface area contributed by atoms with Gasteiger partial charge in [-0.05, 0) is 79.8 Å². The summed E-state index contributed by atoms with van der Waals surface area (Å²) in [5.41, 5.74) is 0. The average Bonchev–Trinajstić information content (AvgIpc) is 2.85. The highest BCUT2D eigenvalue weighted by Crippen LogP contribution is 2.08. The van der Waals surface area contributed by atoms with Gasteiger partial charge >= 0.3 is 5.97 Å². The van der Waals surface area contributed by atoms with Crippen molar-refractivity contribution in [1.82, 2.24) is 10.6 Å². The second-order valence-electron chi connectivity index (χ2n) is 9.39. The first kappa shape index (κ1) is 34.2. The van der Waals surface area contributed by atoms with Crippen LogP contribution in [0.25, 0.3) is 0 Å². The third-order valence-corrected chi connectivity index (χ3v) is 6.14. The van der Waals surface area contributed by atoms with E-state index in [9.17, 15) is 4.79 Å². The highest BCUT2D eigenvalue weighted by Gasteiger charge is 1.97. The van der Waals surface area contributed by atoms with Gasteiger partial charge < -0.3 is 15.7 Å². The summed E-state index contributed by atoms with van der Waals surface area (Å²) in [6.07, 6.45) is 23.3. The van der Waals surface area contributed by atoms with Crippen LogP contribution in [0.3, 0.4) is 0 Å². The largest absolute Gasteiger partial charge is 0.481 e. The Bertz CT molecular complexity index is 417. The number of carbonyl (C=O) groups is 1. The standard InChI is InChI=1S/C26H54N2O7/c29-26(30)20-14-8-2-5-11-17-23-27-21-15-9-3-1-4-10-16-22-28-24-18-12-6-7-13-19-25-32-34-35-33-31/h27-28,31H,1-25H2,(H,29,30). The number of aliphatic carboxylic acids is 1. The van der Waals surface area contributed by atoms with Crippen LogP contribution in [-0.4, -0.2) is 49.1 Å². The van der Waals surface area contributed by atoms with Gasteiger partial charge in [-0.1, -0.05) is 83.5 Å². The van der Waals surface area contributed by atoms with Gasteiger partial charge in [-0.25, -0.2) is 10.1 Å². The Hall–Kier alpha value is -0.810. The molecular weight excluding hydrogens is 452 g/mol. The van der Waals surface area contributed by atoms with Gasteiger partial charge in [0.2, 0.25) is 0 Å². The first-order chi connectivity index (χ1) is 17.3. The molecule has 0 aromatic carbocycles. The Morgan fingerprint density at radius 2 is 0.886 bits per heavy atom. The number of rotatable bonds is 31. The highest BCUT2D eigenvalue weighted by molar-refractivity contribution is 5.66. The number of carboxylic acid groups (broad SMARTS) is 1. The minimum Gasteiger partial charge on any atom is -0.481 e. The van der Waals surface area contributed by atoms with E-state index in [0.717, 1.165) is 51.9 Å². The SMILES string of the molecule is O=C(O)CCCCCCCCNCCCCCCCCCNCCCCCCCCOOOOO. The molecule has 0 fully saturated rings. The van der Waals surface area contributed by atoms with Crippen LogP contribution >= 0.6 is 0 Å². The molecule has 0 aliphatic heterocycles. The molecule has 210 valence electrons. The van der Waals surface area contributed by atoms with Crippen LogP contribution < -0.4 is 10.6 Å². The molecule has 9 nitrogen and oxygen atoms in total. The lowest BCUT2D eigenvalue weighted by Gasteiger charge is -2.06. The second kappa shape index (κ2) is 31.2. The molecule has 0 aliphatic rings. The molecule has 4 N–H and O–H groups in total. The summed E-state index contributed by atoms with van der Waals surface area (Å²) in [5, 5.41) is 34.5. The van der Waals surface area contributed by atoms with E-state index in [1.807, 2.05) is 0 Å². The number of hydrogen-bond acceptors (Lipinski definition) is 8. The molecule has 0 aliphatic carbocycles. The molecule has 0 aromatic rings. The minimum atomic E-state index is -0.673. The second-order valence-corrected chi connectivity index (χ2v) is 9.39. The summed E-state index contributed by atoms with van der Waals surface area (Å²) < 4.78 is 0. The van der Waals surface area contributed by atoms with Crippen molar-refractivity contribution in [1.29, 1.82) is 0 Å². The average molecular weight is 507 g/mol. The Labute approximate surface area is 213 Å². The van der Waals surface area contributed by atoms with E-state index >= 15 is 0 Å². The first-order valence-electron chi connectivity index (χ1n) is 14.2. The molecule has 0 radical (unpaired) electrons. The zero-order valence-corrected chi connectivity index (χ0v) is 22.1. The topological polar surface area (TPSA) is 119 Å². The van der Waals surface area contributed by atoms with Crippen molar-refractivity contribution in [2.75, 3.05) is 32.8 Å². The Kier molecular flexibility index (Phi) is 30.5. The molecule has 0 saturated heterocycles. The van der Waals surface area contributed by atoms with E-state index in [1.54, 1.807) is 0 Å². The maximum absolute atomic E-state index is 10.4. The van der Waals surface area contributed by atoms with E-state index in [1.165, 1.54) is 96.3 Å². The quantitative estimate of drug-likeness (QED) is 0.0485. The molecule has 9 heteroatoms. The van der Waals surface area contributed by atoms with Crippen LogP contribution in [0.15, 0.2) is 0 Å². The monoisotopic (exact) mass is 506 g/mol. The number of hydrogen-bond donors (Lipinski definition) is 4. The van der Waals surface area contributed by atoms with Crippen LogP contribution in [0.1, 0.15) is 128 Å². The third kappa shape index (κ3) is 33.2. The molecular formula is C26H54N2O7. The molecule has 0 unspecified atom stereocenters. The molecule has 0 aromatic heterocycles. The van der Waals surface area contributed by atoms with Gasteiger partial charge in [0.05, 0.1) is 6.61 Å². The molecule has 0 atom stereocenters. The fourth-order valence-electron chi connectivity index (χ4n) is 4.05. The predicted octanol–water partition coefficient (Wildman–Crippen LogP) is 6.34. The van der Waals surface area contributed by atoms with Crippen molar-refractivity contribution >= 4 is 5.97 Å². The summed E-state index contributed by atoms with van der Waals surface area (Å²) in [4.78, 5) is 15.0. The van der Waals surface area contributed by atoms with Crippen LogP contribution in [0.2, 0.25) is 0 Å². The number of nitrogens with one attached hydrogen (secondary N) is 2. The molecule has 35 heavy (non-hydrogen) atoms. The van der Waals surface area contributed by atoms with Crippen molar-refractivity contribution in [2.24, 2.45) is 0 Å². The van der Waals surface area contributed by atoms with Gasteiger partial charge in [0.15, 0.2) is 0 Å². The maximum atomic E-state index is 10.4. The molecule has 0 spiro atoms. The van der Waals surface area contributed by atoms with Crippen LogP contribution in [0.4, 0.5) is 0 Å². The van der Waals surface area contributed by atoms with Crippen LogP contribution in [0, 0.1) is 0 Å². The van der Waals surface area contributed by atoms with Crippen molar-refractivity contribution < 1.29 is 35.2 Å². The first-order valence-corrected chi connectivity index (χ1v) is 14.2. The molecule has 0 heterocycles. The third-order valence-electron chi connectivity index (χ3n) is 6.14. The molecule has 0 amide bonds. The van der Waals surface area contributed by atoms with Gasteiger partial charge in [0, 0.05) is 6.42 Å². The molecule has 0 saturated carbocycles. The lowest BCUT2D eigenvalue weighted by molar-refractivity contribution is -0.702. The van der Waals surface area contributed by atoms with Crippen molar-refractivity contribution in [3.05, 3.63) is 0 Å². The zero-order valence-electron chi connectivity index (χ0n) is 22.1. The molecule has 0 bridgehead atoms. The summed E-state index contributed by atoms with van der Waals surface area (Å²) in [7, 11) is 0. The smallest absolute Gasteiger partial charge is 0.303 e. The predicted molar refractivity (Wildman–Crippen MR) is 138 cm³/mol. The number of carboxylic acids is 1. The van der Waals surface area contributed by atoms with E-state index in [0.29, 0.717) is 13.0 Å². The lowest BCUT2D eigenvalue weighted by Crippen LogP contribution is -2.16. The van der Waals surface area contributed by atoms with E-state index < -0.39 is 5.97 Å². The highest BCUT2D eigenvalue weighted by atomic mass is 17.8. The fourth-order valence-corrected chi connectivity index (χ4v) is 4.05. The summed E-state index contributed by atoms with van der Waals surface area (Å²) in [6.45, 7) is 4.94. The zero-order chi connectivity index (χ0) is 25.5. The van der Waals surface area contributed by atoms with Gasteiger partial charge in [-0.3, -0.25) is 4.79 Å². The van der Waals surface area contributed by atoms with Crippen molar-refractivity contribution in [2.45, 2.75) is 128 Å². The van der Waals surface area contributed by atoms with Gasteiger partial charge in [0.1, 0.15) is 0 Å². The van der Waals surface area contributed by atoms with Crippen LogP contribution in [0.5, 0.6) is 0 Å². The van der Waals surface area contributed by atoms with Crippen LogP contribution in [-0.2, 0) is 24.8 Å². The maximum Gasteiger partial charge on any atom is 0.303 e. The van der Waals surface area contributed by atoms with Crippen molar-refractivity contribution in [3.8, 4) is 0 Å². The van der Waals surface area contributed by atoms with Gasteiger partial charge in [0.25, 0.3) is 0 Å². The fraction of sp³-hybridized carbons (Fsp3) is 0.962. The lowest BCUT2D eigenvalue weighted by atomic mass is 10.1. The summed E-state index contributed by atoms with van der Waals surface area (Å²) >= 11 is 0. The van der Waals surface area contributed by atoms with E-state index in [2.05, 4.69) is 30.6 Å². The van der Waals surface area contributed by atoms with Gasteiger partial charge in [-0.15, -0.1) is 0 Å². The van der Waals surface area contributed by atoms with Gasteiger partial charge in [-0.2, -0.15) is 0 Å². The summed E-state index contributed by atoms with van der Waals surface area (Å²) in [5.74, 6) is -0.673. The minimum absolute atomic E-state index is 0.318. The number of unbranched alkanes of at least 4 members (excludes halogenated alkanes) is 16. The van der Waals surface area contributed by atoms with Crippen molar-refractivity contribution in [3.63, 3.8) is 0 Å². The summed E-state index contributed by atoms with van der Waals surface area (Å²) in [6, 6.07) is 0.